The Bertz CT molecular complexity index is 4230. The number of carbonyl (C=O) groups is 14. The molecule has 2 saturated heterocycles. The molecule has 122 heavy (non-hydrogen) atoms. The van der Waals surface area contributed by atoms with Crippen LogP contribution < -0.4 is 58.9 Å². The number of aliphatic carboxylic acids is 1. The molecule has 36 nitrogen and oxygen atoms in total. The fourth-order valence-electron chi connectivity index (χ4n) is 15.0. The number of aliphatic imine (C=N–C) groups is 1. The van der Waals surface area contributed by atoms with Gasteiger partial charge in [0, 0.05) is 82.3 Å². The summed E-state index contributed by atoms with van der Waals surface area (Å²) in [6, 6.07) is 10.9. The molecule has 3 aromatic carbocycles. The highest BCUT2D eigenvalue weighted by molar-refractivity contribution is 6.22. The first-order valence-electron chi connectivity index (χ1n) is 41.9. The van der Waals surface area contributed by atoms with Crippen LogP contribution >= 0.6 is 0 Å². The molecule has 0 saturated carbocycles. The summed E-state index contributed by atoms with van der Waals surface area (Å²) < 4.78 is 16.5. The fraction of sp³-hybridized carbons (Fsp3) is 0.570. The van der Waals surface area contributed by atoms with Gasteiger partial charge in [-0.05, 0) is 196 Å². The van der Waals surface area contributed by atoms with E-state index >= 15 is 9.59 Å². The van der Waals surface area contributed by atoms with E-state index in [1.165, 1.54) is 41.0 Å². The van der Waals surface area contributed by atoms with Crippen molar-refractivity contribution in [1.29, 1.82) is 0 Å². The molecule has 8 atom stereocenters. The Labute approximate surface area is 710 Å². The van der Waals surface area contributed by atoms with Crippen LogP contribution in [0.4, 0.5) is 15.3 Å². The normalized spacial score (nSPS) is 17.0. The molecule has 7 rings (SSSR count). The number of carboxylic acid groups (broad SMARTS) is 1. The minimum absolute atomic E-state index is 0.00512. The quantitative estimate of drug-likeness (QED) is 0.00616. The number of aliphatic hydroxyl groups excluding tert-OH is 1. The second-order valence-corrected chi connectivity index (χ2v) is 32.9. The maximum Gasteiger partial charge on any atom is 0.407 e. The summed E-state index contributed by atoms with van der Waals surface area (Å²) in [6.07, 6.45) is 3.43. The molecule has 666 valence electrons. The van der Waals surface area contributed by atoms with Gasteiger partial charge in [0.05, 0.1) is 29.6 Å². The first kappa shape index (κ1) is 97.4. The van der Waals surface area contributed by atoms with Crippen LogP contribution in [0.2, 0.25) is 0 Å². The molecule has 36 heteroatoms. The zero-order valence-corrected chi connectivity index (χ0v) is 70.8. The van der Waals surface area contributed by atoms with Gasteiger partial charge in [0.15, 0.2) is 5.78 Å². The summed E-state index contributed by atoms with van der Waals surface area (Å²) in [7, 11) is 0. The lowest BCUT2D eigenvalue weighted by molar-refractivity contribution is -0.384. The summed E-state index contributed by atoms with van der Waals surface area (Å²) in [6.45, 7) is 15.2. The number of ether oxygens (including phenoxy) is 3. The fourth-order valence-corrected chi connectivity index (χ4v) is 15.0. The molecule has 2 aliphatic carbocycles. The summed E-state index contributed by atoms with van der Waals surface area (Å²) in [5.74, 6) is -9.72. The topological polar surface area (TPSA) is 515 Å². The molecule has 0 radical (unpaired) electrons. The van der Waals surface area contributed by atoms with Crippen molar-refractivity contribution in [3.05, 3.63) is 124 Å². The number of carbonyl (C=O) groups excluding carboxylic acids is 13. The number of allylic oxidation sites excluding steroid dienone is 2. The van der Waals surface area contributed by atoms with Gasteiger partial charge >= 0.3 is 24.1 Å². The van der Waals surface area contributed by atoms with Crippen LogP contribution in [-0.2, 0) is 78.4 Å². The number of amides is 11. The van der Waals surface area contributed by atoms with E-state index in [1.807, 2.05) is 62.4 Å². The van der Waals surface area contributed by atoms with Gasteiger partial charge in [-0.3, -0.25) is 72.6 Å². The number of esters is 1. The van der Waals surface area contributed by atoms with E-state index < -0.39 is 167 Å². The van der Waals surface area contributed by atoms with Crippen molar-refractivity contribution in [1.82, 2.24) is 63.0 Å². The molecule has 0 spiro atoms. The number of fused-ring (bicyclic) bond motifs is 3. The summed E-state index contributed by atoms with van der Waals surface area (Å²) >= 11 is 0. The number of nitro benzene ring substituents is 1. The van der Waals surface area contributed by atoms with Gasteiger partial charge in [-0.25, -0.2) is 9.59 Å². The average molecular weight is 1700 g/mol. The van der Waals surface area contributed by atoms with Crippen LogP contribution in [0.1, 0.15) is 199 Å². The largest absolute Gasteiger partial charge is 0.511 e. The van der Waals surface area contributed by atoms with Crippen LogP contribution in [0.5, 0.6) is 0 Å². The van der Waals surface area contributed by atoms with Crippen molar-refractivity contribution in [2.24, 2.45) is 16.1 Å². The zero-order chi connectivity index (χ0) is 89.2. The zero-order valence-electron chi connectivity index (χ0n) is 70.8. The molecule has 0 aromatic heterocycles. The highest BCUT2D eigenvalue weighted by atomic mass is 16.6. The van der Waals surface area contributed by atoms with Crippen LogP contribution in [0.15, 0.2) is 102 Å². The van der Waals surface area contributed by atoms with Gasteiger partial charge in [-0.15, -0.1) is 6.58 Å². The number of Topliss-reactive ketones (excluding diaryl/α,β-unsaturated/α-hetero) is 1. The van der Waals surface area contributed by atoms with E-state index in [1.54, 1.807) is 33.8 Å². The summed E-state index contributed by atoms with van der Waals surface area (Å²) in [4.78, 5) is 210. The second-order valence-electron chi connectivity index (χ2n) is 32.9. The first-order valence-corrected chi connectivity index (χ1v) is 41.9. The summed E-state index contributed by atoms with van der Waals surface area (Å²) in [5.41, 5.74) is 10.0. The molecule has 2 aliphatic heterocycles. The highest BCUT2D eigenvalue weighted by Gasteiger charge is 2.42. The van der Waals surface area contributed by atoms with Crippen molar-refractivity contribution >= 4 is 94.5 Å². The SMILES string of the molecule is C=CCNCCCC[C@H](NC(=O)CNC(=O)[C@@H]1CCCN1C(=O)[C@H](CCCCN=C(C)C1=C(O)CC(C)(C)CC1=O)NC(=O)[C@H](CCC(=O)OC(C)(C)C)NC(=O)[C@H](CCCCNC(=O)OCc1ccc([N+](=O)[O-])cc1)NC(=O)CNC(=O)[C@@H]1CCCN1C(=O)[C@@H](N)CCCCNC(=O)OCC1c2ccccc2-c2ccccc21)C(=O)N[C@@H](C)C(=O)O. The van der Waals surface area contributed by atoms with E-state index in [-0.39, 0.29) is 158 Å². The molecule has 2 fully saturated rings. The Morgan fingerprint density at radius 3 is 1.69 bits per heavy atom. The maximum absolute atomic E-state index is 15.2. The lowest BCUT2D eigenvalue weighted by Gasteiger charge is -2.30. The van der Waals surface area contributed by atoms with Crippen molar-refractivity contribution in [3.8, 4) is 11.1 Å². The number of non-ortho nitro benzene ring substituents is 1. The number of unbranched alkanes of at least 4 members (excludes halogenated alkanes) is 4. The Morgan fingerprint density at radius 2 is 1.15 bits per heavy atom. The third kappa shape index (κ3) is 31.1. The van der Waals surface area contributed by atoms with Crippen LogP contribution in [0.3, 0.4) is 0 Å². The molecule has 4 aliphatic rings. The Balaban J connectivity index is 1.04. The monoisotopic (exact) mass is 1700 g/mol. The Hall–Kier alpha value is -11.7. The maximum atomic E-state index is 15.2. The predicted octanol–water partition coefficient (Wildman–Crippen LogP) is 5.67. The highest BCUT2D eigenvalue weighted by Crippen LogP contribution is 2.45. The molecule has 3 aromatic rings. The van der Waals surface area contributed by atoms with Crippen LogP contribution in [0.25, 0.3) is 11.1 Å². The van der Waals surface area contributed by atoms with Crippen LogP contribution in [0, 0.1) is 15.5 Å². The predicted molar refractivity (Wildman–Crippen MR) is 450 cm³/mol. The Kier molecular flexibility index (Phi) is 38.4. The number of nitrogens with one attached hydrogen (secondary N) is 10. The lowest BCUT2D eigenvalue weighted by Crippen LogP contribution is -2.59. The molecular formula is C86H121N15O21. The van der Waals surface area contributed by atoms with Gasteiger partial charge < -0.3 is 93.1 Å². The number of nitro groups is 1. The number of nitrogens with zero attached hydrogens (tertiary/aromatic N) is 4. The van der Waals surface area contributed by atoms with Gasteiger partial charge in [0.25, 0.3) is 5.69 Å². The van der Waals surface area contributed by atoms with Crippen LogP contribution in [-0.4, -0.2) is 233 Å². The number of aliphatic hydroxyl groups is 1. The minimum Gasteiger partial charge on any atom is -0.511 e. The second kappa shape index (κ2) is 48.1. The van der Waals surface area contributed by atoms with Gasteiger partial charge in [-0.2, -0.15) is 0 Å². The summed E-state index contributed by atoms with van der Waals surface area (Å²) in [5, 5.41) is 58.2. The van der Waals surface area contributed by atoms with E-state index in [4.69, 9.17) is 19.9 Å². The smallest absolute Gasteiger partial charge is 0.407 e. The van der Waals surface area contributed by atoms with E-state index in [0.717, 1.165) is 22.3 Å². The number of alkyl carbamates (subject to hydrolysis) is 2. The van der Waals surface area contributed by atoms with Gasteiger partial charge in [0.1, 0.15) is 66.9 Å². The lowest BCUT2D eigenvalue weighted by atomic mass is 9.76. The number of hydrogen-bond donors (Lipinski definition) is 13. The first-order chi connectivity index (χ1) is 58.0. The van der Waals surface area contributed by atoms with Crippen molar-refractivity contribution in [2.45, 2.75) is 243 Å². The van der Waals surface area contributed by atoms with E-state index in [9.17, 15) is 77.9 Å². The van der Waals surface area contributed by atoms with Gasteiger partial charge in [0.2, 0.25) is 53.2 Å². The number of ketones is 1. The van der Waals surface area contributed by atoms with E-state index in [0.29, 0.717) is 56.5 Å². The number of hydrogen-bond acceptors (Lipinski definition) is 23. The van der Waals surface area contributed by atoms with Gasteiger partial charge in [-0.1, -0.05) is 68.5 Å². The van der Waals surface area contributed by atoms with Crippen molar-refractivity contribution in [2.75, 3.05) is 65.5 Å². The number of nitrogens with two attached hydrogens (primary N) is 1. The number of rotatable bonds is 48. The number of likely N-dealkylation sites (tertiary alicyclic amines) is 2. The molecular weight excluding hydrogens is 1580 g/mol. The Morgan fingerprint density at radius 1 is 0.648 bits per heavy atom. The molecule has 0 bridgehead atoms. The number of carboxylic acids is 1. The standard InChI is InChI=1S/C86H121N15O21/c1-9-40-88-41-18-15-29-63(75(107)94-54(3)82(114)115)95-71(104)49-93-79(111)68-33-23-46-100(68)81(113)66(31-17-20-42-89-53(2)74-69(102)47-86(7,8)48-70(74)103)98-77(109)65(38-39-73(106)122-85(4,5)6)97-76(108)64(30-16-21-44-90-83(116)120-51-55-34-36-56(37-35-55)101(118)119)96-72(105)50-92-78(110)67-32-22-45-99(67)80(112)62(87)28-14-19-43-91-84(117)121-52-61-59-26-12-10-24-57(59)58-25-11-13-27-60(58)61/h9-13,24-27,34-37,54,61-68,88,102H,1,14-23,28-33,38-52,87H2,2-8H3,(H,90,116)(H,91,117)(H,92,110)(H,93,111)(H,94,107)(H,95,104)(H,96,105)(H,97,108)(H,98,109)(H,114,115)/t54-,62-,63-,64-,65-,66-,67-,68-/m0/s1. The van der Waals surface area contributed by atoms with Crippen molar-refractivity contribution in [3.63, 3.8) is 0 Å². The third-order valence-electron chi connectivity index (χ3n) is 21.3. The molecule has 2 heterocycles. The van der Waals surface area contributed by atoms with E-state index in [2.05, 4.69) is 64.7 Å². The number of benzene rings is 3. The van der Waals surface area contributed by atoms with Crippen molar-refractivity contribution < 1.29 is 96.5 Å². The molecule has 0 unspecified atom stereocenters. The molecule has 14 N–H and O–H groups in total. The minimum atomic E-state index is -1.67. The molecule has 11 amide bonds. The third-order valence-corrected chi connectivity index (χ3v) is 21.3. The average Bonchev–Trinajstić information content (AvgIpc) is 1.61.